The summed E-state index contributed by atoms with van der Waals surface area (Å²) < 4.78 is 8.12. The monoisotopic (exact) mass is 427 g/mol. The average Bonchev–Trinajstić information content (AvgIpc) is 2.82. The fraction of sp³-hybridized carbons (Fsp3) is 0.125. The second kappa shape index (κ2) is 7.73. The number of carbonyl (C=O) groups is 2. The summed E-state index contributed by atoms with van der Waals surface area (Å²) in [6.45, 7) is 0.0589. The lowest BCUT2D eigenvalue weighted by molar-refractivity contribution is -0.446. The van der Waals surface area contributed by atoms with Crippen LogP contribution in [-0.4, -0.2) is 38.7 Å². The molecule has 1 aliphatic carbocycles. The number of methoxy groups -OCH3 is 1. The van der Waals surface area contributed by atoms with Gasteiger partial charge in [0.25, 0.3) is 5.56 Å². The number of rotatable bonds is 4. The average molecular weight is 427 g/mol. The Labute approximate surface area is 183 Å². The van der Waals surface area contributed by atoms with Crippen molar-refractivity contribution in [2.24, 2.45) is 5.92 Å². The first-order valence-corrected chi connectivity index (χ1v) is 10.1. The molecule has 2 aliphatic rings. The van der Waals surface area contributed by atoms with Crippen molar-refractivity contribution in [3.8, 4) is 5.75 Å². The molecule has 0 N–H and O–H groups in total. The predicted octanol–water partition coefficient (Wildman–Crippen LogP) is 2.57. The Morgan fingerprint density at radius 1 is 1.06 bits per heavy atom. The minimum atomic E-state index is -0.610. The Morgan fingerprint density at radius 3 is 2.66 bits per heavy atom. The molecule has 1 aromatic carbocycles. The number of carbonyl (C=O) groups excluding carboxylic acids is 2. The van der Waals surface area contributed by atoms with Crippen molar-refractivity contribution in [1.29, 1.82) is 0 Å². The van der Waals surface area contributed by atoms with Crippen LogP contribution in [0.5, 0.6) is 5.75 Å². The Bertz CT molecular complexity index is 1400. The molecule has 8 heteroatoms. The Hall–Kier alpha value is -4.33. The maximum Gasteiger partial charge on any atom is 0.506 e. The van der Waals surface area contributed by atoms with Crippen LogP contribution < -0.4 is 15.2 Å². The fourth-order valence-electron chi connectivity index (χ4n) is 3.94. The van der Waals surface area contributed by atoms with E-state index in [1.807, 2.05) is 0 Å². The molecular formula is C24H19N4O4+. The molecule has 3 amide bonds. The van der Waals surface area contributed by atoms with E-state index in [0.29, 0.717) is 28.5 Å². The zero-order valence-electron chi connectivity index (χ0n) is 17.2. The minimum absolute atomic E-state index is 0.0589. The lowest BCUT2D eigenvalue weighted by atomic mass is 9.94. The van der Waals surface area contributed by atoms with Gasteiger partial charge in [-0.3, -0.25) is 9.20 Å². The summed E-state index contributed by atoms with van der Waals surface area (Å²) in [6, 6.07) is 12.9. The molecule has 0 bridgehead atoms. The van der Waals surface area contributed by atoms with Crippen LogP contribution in [0.15, 0.2) is 83.8 Å². The summed E-state index contributed by atoms with van der Waals surface area (Å²) in [4.78, 5) is 44.9. The number of anilines is 1. The highest BCUT2D eigenvalue weighted by Gasteiger charge is 2.48. The highest BCUT2D eigenvalue weighted by molar-refractivity contribution is 6.25. The van der Waals surface area contributed by atoms with Crippen LogP contribution in [-0.2, 0) is 11.3 Å². The summed E-state index contributed by atoms with van der Waals surface area (Å²) in [5, 5.41) is 0. The third-order valence-corrected chi connectivity index (χ3v) is 5.50. The first kappa shape index (κ1) is 19.6. The van der Waals surface area contributed by atoms with Crippen LogP contribution in [0.25, 0.3) is 5.65 Å². The number of nitrogens with zero attached hydrogens (tertiary/aromatic N) is 4. The molecule has 0 saturated heterocycles. The molecule has 5 rings (SSSR count). The van der Waals surface area contributed by atoms with Gasteiger partial charge in [0.2, 0.25) is 0 Å². The Kier molecular flexibility index (Phi) is 4.74. The van der Waals surface area contributed by atoms with Gasteiger partial charge in [-0.15, -0.1) is 4.90 Å². The quantitative estimate of drug-likeness (QED) is 0.598. The number of fused-ring (bicyclic) bond motifs is 2. The van der Waals surface area contributed by atoms with Gasteiger partial charge >= 0.3 is 11.9 Å². The molecule has 32 heavy (non-hydrogen) atoms. The van der Waals surface area contributed by atoms with Gasteiger partial charge in [-0.2, -0.15) is 9.37 Å². The minimum Gasteiger partial charge on any atom is -0.497 e. The van der Waals surface area contributed by atoms with Crippen LogP contribution >= 0.6 is 0 Å². The smallest absolute Gasteiger partial charge is 0.497 e. The van der Waals surface area contributed by atoms with Gasteiger partial charge in [0.15, 0.2) is 0 Å². The number of pyridine rings is 1. The van der Waals surface area contributed by atoms with E-state index >= 15 is 0 Å². The maximum absolute atomic E-state index is 13.5. The second-order valence-electron chi connectivity index (χ2n) is 7.40. The summed E-state index contributed by atoms with van der Waals surface area (Å²) in [5.41, 5.74) is 1.69. The van der Waals surface area contributed by atoms with Crippen LogP contribution in [0.1, 0.15) is 5.69 Å². The van der Waals surface area contributed by atoms with Crippen molar-refractivity contribution >= 4 is 29.0 Å². The van der Waals surface area contributed by atoms with Gasteiger partial charge in [-0.05, 0) is 42.5 Å². The van der Waals surface area contributed by atoms with Crippen molar-refractivity contribution in [1.82, 2.24) is 9.38 Å². The van der Waals surface area contributed by atoms with Crippen molar-refractivity contribution in [2.75, 3.05) is 12.0 Å². The largest absolute Gasteiger partial charge is 0.506 e. The molecule has 3 aromatic rings. The summed E-state index contributed by atoms with van der Waals surface area (Å²) in [6.07, 6.45) is 8.72. The molecule has 0 saturated carbocycles. The molecular weight excluding hydrogens is 408 g/mol. The number of allylic oxidation sites excluding steroid dienone is 3. The number of urea groups is 1. The van der Waals surface area contributed by atoms with Crippen LogP contribution in [0.3, 0.4) is 0 Å². The van der Waals surface area contributed by atoms with Crippen molar-refractivity contribution in [3.63, 3.8) is 0 Å². The van der Waals surface area contributed by atoms with Crippen LogP contribution in [0.4, 0.5) is 10.5 Å². The van der Waals surface area contributed by atoms with Gasteiger partial charge in [0.05, 0.1) is 12.8 Å². The lowest BCUT2D eigenvalue weighted by Gasteiger charge is -2.26. The summed E-state index contributed by atoms with van der Waals surface area (Å²) in [5.74, 6) is -0.323. The van der Waals surface area contributed by atoms with Crippen molar-refractivity contribution in [2.45, 2.75) is 6.54 Å². The molecule has 2 aromatic heterocycles. The maximum atomic E-state index is 13.5. The zero-order chi connectivity index (χ0) is 22.2. The van der Waals surface area contributed by atoms with Gasteiger partial charge < -0.3 is 4.74 Å². The van der Waals surface area contributed by atoms with Gasteiger partial charge in [-0.1, -0.05) is 24.3 Å². The van der Waals surface area contributed by atoms with Gasteiger partial charge in [0, 0.05) is 12.3 Å². The van der Waals surface area contributed by atoms with E-state index < -0.39 is 11.9 Å². The number of imide groups is 1. The highest BCUT2D eigenvalue weighted by atomic mass is 16.5. The number of amides is 3. The first-order valence-electron chi connectivity index (χ1n) is 10.1. The van der Waals surface area contributed by atoms with E-state index in [4.69, 9.17) is 4.74 Å². The van der Waals surface area contributed by atoms with E-state index in [1.165, 1.54) is 15.0 Å². The standard InChI is InChI=1S/C24H19N4O4/c1-32-18-11-9-17(10-12-18)28-23(30)19-6-2-3-7-20(19)27(24(28)31)15-16-14-22(29)26-13-5-4-8-21(26)25-16/h2-14,19H,15H2,1H3/q+1. The Morgan fingerprint density at radius 2 is 1.88 bits per heavy atom. The topological polar surface area (TPSA) is 84.0 Å². The molecule has 0 radical (unpaired) electrons. The third-order valence-electron chi connectivity index (χ3n) is 5.50. The summed E-state index contributed by atoms with van der Waals surface area (Å²) >= 11 is 0. The van der Waals surface area contributed by atoms with Crippen LogP contribution in [0, 0.1) is 5.92 Å². The number of hydrogen-bond donors (Lipinski definition) is 0. The van der Waals surface area contributed by atoms with E-state index in [1.54, 1.807) is 80.1 Å². The fourth-order valence-corrected chi connectivity index (χ4v) is 3.94. The summed E-state index contributed by atoms with van der Waals surface area (Å²) in [7, 11) is 1.55. The number of aromatic nitrogens is 2. The van der Waals surface area contributed by atoms with Crippen molar-refractivity contribution < 1.29 is 18.9 Å². The molecule has 0 fully saturated rings. The van der Waals surface area contributed by atoms with Crippen LogP contribution in [0.2, 0.25) is 0 Å². The van der Waals surface area contributed by atoms with E-state index in [9.17, 15) is 14.4 Å². The molecule has 1 aliphatic heterocycles. The second-order valence-corrected chi connectivity index (χ2v) is 7.40. The SMILES string of the molecule is COc1ccc(N2C(=O)C3C=CC=CC3=[N+](Cc3cc(=O)n4ccccc4n3)C2=O)cc1. The van der Waals surface area contributed by atoms with E-state index in [2.05, 4.69) is 4.98 Å². The van der Waals surface area contributed by atoms with Crippen molar-refractivity contribution in [3.05, 3.63) is 95.1 Å². The molecule has 3 heterocycles. The molecule has 8 nitrogen and oxygen atoms in total. The first-order chi connectivity index (χ1) is 15.6. The Balaban J connectivity index is 1.60. The predicted molar refractivity (Wildman–Crippen MR) is 118 cm³/mol. The third kappa shape index (κ3) is 3.22. The number of ether oxygens (including phenoxy) is 1. The van der Waals surface area contributed by atoms with E-state index in [0.717, 1.165) is 4.90 Å². The normalized spacial score (nSPS) is 17.8. The molecule has 1 unspecified atom stereocenters. The zero-order valence-corrected chi connectivity index (χ0v) is 17.2. The van der Waals surface area contributed by atoms with Gasteiger partial charge in [-0.25, -0.2) is 9.78 Å². The number of benzene rings is 1. The number of hydrogen-bond acceptors (Lipinski definition) is 5. The van der Waals surface area contributed by atoms with E-state index in [-0.39, 0.29) is 18.0 Å². The van der Waals surface area contributed by atoms with Gasteiger partial charge in [0.1, 0.15) is 35.3 Å². The molecule has 1 atom stereocenters. The highest BCUT2D eigenvalue weighted by Crippen LogP contribution is 2.27. The molecule has 158 valence electrons. The lowest BCUT2D eigenvalue weighted by Crippen LogP contribution is -2.54. The molecule has 0 spiro atoms.